The number of piperazine rings is 1. The third-order valence-corrected chi connectivity index (χ3v) is 5.05. The monoisotopic (exact) mass is 398 g/mol. The summed E-state index contributed by atoms with van der Waals surface area (Å²) in [6.45, 7) is 8.08. The molecule has 1 aromatic carbocycles. The normalized spacial score (nSPS) is 15.4. The molecule has 0 amide bonds. The summed E-state index contributed by atoms with van der Waals surface area (Å²) in [5, 5.41) is 3.32. The Morgan fingerprint density at radius 1 is 1.17 bits per heavy atom. The molecule has 1 N–H and O–H groups in total. The Balaban J connectivity index is 1.67. The molecule has 7 heteroatoms. The van der Waals surface area contributed by atoms with Gasteiger partial charge < -0.3 is 20.0 Å². The highest BCUT2D eigenvalue weighted by Gasteiger charge is 2.15. The van der Waals surface area contributed by atoms with E-state index in [4.69, 9.17) is 4.99 Å². The van der Waals surface area contributed by atoms with Crippen molar-refractivity contribution >= 4 is 11.8 Å². The van der Waals surface area contributed by atoms with Crippen molar-refractivity contribution in [2.45, 2.75) is 20.0 Å². The van der Waals surface area contributed by atoms with Crippen LogP contribution in [0.1, 0.15) is 18.1 Å². The van der Waals surface area contributed by atoms with Gasteiger partial charge in [-0.15, -0.1) is 0 Å². The van der Waals surface area contributed by atoms with Crippen LogP contribution >= 0.6 is 0 Å². The molecular weight excluding hydrogens is 367 g/mol. The molecule has 1 fully saturated rings. The maximum atomic E-state index is 13.5. The molecule has 1 saturated heterocycles. The summed E-state index contributed by atoms with van der Waals surface area (Å²) in [6.07, 6.45) is 1.86. The fraction of sp³-hybridized carbons (Fsp3) is 0.455. The van der Waals surface area contributed by atoms with Gasteiger partial charge in [0, 0.05) is 52.5 Å². The van der Waals surface area contributed by atoms with Crippen LogP contribution in [-0.4, -0.2) is 67.6 Å². The third-order valence-electron chi connectivity index (χ3n) is 5.05. The summed E-state index contributed by atoms with van der Waals surface area (Å²) in [4.78, 5) is 16.0. The number of benzene rings is 1. The number of likely N-dealkylation sites (N-methyl/N-ethyl adjacent to an activating group) is 1. The van der Waals surface area contributed by atoms with Crippen LogP contribution in [-0.2, 0) is 13.1 Å². The van der Waals surface area contributed by atoms with Crippen molar-refractivity contribution in [2.24, 2.45) is 4.99 Å². The number of pyridine rings is 1. The van der Waals surface area contributed by atoms with Gasteiger partial charge in [0.05, 0.1) is 6.54 Å². The third kappa shape index (κ3) is 6.15. The Morgan fingerprint density at radius 3 is 2.69 bits per heavy atom. The topological polar surface area (TPSA) is 47.0 Å². The zero-order chi connectivity index (χ0) is 20.6. The van der Waals surface area contributed by atoms with Crippen LogP contribution in [0.3, 0.4) is 0 Å². The lowest BCUT2D eigenvalue weighted by Gasteiger charge is -2.33. The highest BCUT2D eigenvalue weighted by molar-refractivity contribution is 5.79. The maximum Gasteiger partial charge on any atom is 0.194 e. The molecule has 2 aromatic rings. The van der Waals surface area contributed by atoms with Crippen molar-refractivity contribution in [3.63, 3.8) is 0 Å². The average Bonchev–Trinajstić information content (AvgIpc) is 2.72. The fourth-order valence-electron chi connectivity index (χ4n) is 3.39. The molecule has 0 spiro atoms. The molecule has 6 nitrogen and oxygen atoms in total. The second kappa shape index (κ2) is 10.2. The second-order valence-electron chi connectivity index (χ2n) is 7.47. The molecule has 29 heavy (non-hydrogen) atoms. The summed E-state index contributed by atoms with van der Waals surface area (Å²) in [7, 11) is 4.12. The Hall–Kier alpha value is -2.67. The van der Waals surface area contributed by atoms with Crippen molar-refractivity contribution in [3.8, 4) is 0 Å². The molecule has 0 aliphatic carbocycles. The van der Waals surface area contributed by atoms with Gasteiger partial charge in [-0.05, 0) is 49.4 Å². The Bertz CT molecular complexity index is 816. The minimum absolute atomic E-state index is 0.217. The van der Waals surface area contributed by atoms with Crippen LogP contribution in [0.2, 0.25) is 0 Å². The lowest BCUT2D eigenvalue weighted by atomic mass is 10.2. The molecule has 0 unspecified atom stereocenters. The standard InChI is InChI=1S/C22H31FN6/c1-4-24-22(28(3)17-19-6-5-7-20(23)14-19)26-16-18-8-9-25-21(15-18)29-12-10-27(2)11-13-29/h5-9,14-15H,4,10-13,16-17H2,1-3H3,(H,24,26). The van der Waals surface area contributed by atoms with E-state index in [1.807, 2.05) is 37.2 Å². The SMILES string of the molecule is CCNC(=NCc1ccnc(N2CCN(C)CC2)c1)N(C)Cc1cccc(F)c1. The van der Waals surface area contributed by atoms with E-state index < -0.39 is 0 Å². The predicted octanol–water partition coefficient (Wildman–Crippen LogP) is 2.57. The number of halogens is 1. The van der Waals surface area contributed by atoms with Crippen LogP contribution in [0, 0.1) is 5.82 Å². The lowest BCUT2D eigenvalue weighted by Crippen LogP contribution is -2.44. The highest BCUT2D eigenvalue weighted by atomic mass is 19.1. The van der Waals surface area contributed by atoms with Gasteiger partial charge in [-0.2, -0.15) is 0 Å². The molecule has 1 aliphatic rings. The first-order chi connectivity index (χ1) is 14.0. The van der Waals surface area contributed by atoms with E-state index in [0.717, 1.165) is 55.6 Å². The maximum absolute atomic E-state index is 13.5. The van der Waals surface area contributed by atoms with Crippen molar-refractivity contribution in [2.75, 3.05) is 51.7 Å². The molecule has 3 rings (SSSR count). The lowest BCUT2D eigenvalue weighted by molar-refractivity contribution is 0.312. The van der Waals surface area contributed by atoms with Crippen molar-refractivity contribution in [1.82, 2.24) is 20.1 Å². The minimum atomic E-state index is -0.217. The number of aliphatic imine (C=N–C) groups is 1. The van der Waals surface area contributed by atoms with Crippen LogP contribution in [0.4, 0.5) is 10.2 Å². The highest BCUT2D eigenvalue weighted by Crippen LogP contribution is 2.15. The number of anilines is 1. The molecule has 0 bridgehead atoms. The first-order valence-electron chi connectivity index (χ1n) is 10.2. The Kier molecular flexibility index (Phi) is 7.41. The summed E-state index contributed by atoms with van der Waals surface area (Å²) in [6, 6.07) is 10.8. The van der Waals surface area contributed by atoms with Crippen LogP contribution in [0.15, 0.2) is 47.6 Å². The predicted molar refractivity (Wildman–Crippen MR) is 117 cm³/mol. The number of rotatable bonds is 6. The zero-order valence-electron chi connectivity index (χ0n) is 17.6. The smallest absolute Gasteiger partial charge is 0.194 e. The summed E-state index contributed by atoms with van der Waals surface area (Å²) in [5.41, 5.74) is 2.04. The van der Waals surface area contributed by atoms with E-state index in [2.05, 4.69) is 33.2 Å². The molecule has 0 atom stereocenters. The van der Waals surface area contributed by atoms with Crippen LogP contribution in [0.25, 0.3) is 0 Å². The number of nitrogens with one attached hydrogen (secondary N) is 1. The summed E-state index contributed by atoms with van der Waals surface area (Å²) in [5.74, 6) is 1.60. The van der Waals surface area contributed by atoms with Crippen molar-refractivity contribution in [3.05, 3.63) is 59.5 Å². The molecule has 2 heterocycles. The number of nitrogens with zero attached hydrogens (tertiary/aromatic N) is 5. The van der Waals surface area contributed by atoms with Gasteiger partial charge in [-0.25, -0.2) is 14.4 Å². The number of hydrogen-bond donors (Lipinski definition) is 1. The molecule has 0 saturated carbocycles. The zero-order valence-corrected chi connectivity index (χ0v) is 17.6. The second-order valence-corrected chi connectivity index (χ2v) is 7.47. The minimum Gasteiger partial charge on any atom is -0.357 e. The number of guanidine groups is 1. The first-order valence-corrected chi connectivity index (χ1v) is 10.2. The van der Waals surface area contributed by atoms with Gasteiger partial charge in [-0.3, -0.25) is 0 Å². The number of aromatic nitrogens is 1. The van der Waals surface area contributed by atoms with E-state index in [0.29, 0.717) is 13.1 Å². The van der Waals surface area contributed by atoms with E-state index >= 15 is 0 Å². The van der Waals surface area contributed by atoms with Gasteiger partial charge >= 0.3 is 0 Å². The first kappa shape index (κ1) is 21.0. The van der Waals surface area contributed by atoms with Crippen LogP contribution < -0.4 is 10.2 Å². The molecule has 0 radical (unpaired) electrons. The van der Waals surface area contributed by atoms with Crippen molar-refractivity contribution < 1.29 is 4.39 Å². The summed E-state index contributed by atoms with van der Waals surface area (Å²) < 4.78 is 13.5. The quantitative estimate of drug-likeness (QED) is 0.599. The molecule has 156 valence electrons. The fourth-order valence-corrected chi connectivity index (χ4v) is 3.39. The average molecular weight is 399 g/mol. The largest absolute Gasteiger partial charge is 0.357 e. The van der Waals surface area contributed by atoms with Gasteiger partial charge in [0.15, 0.2) is 5.96 Å². The van der Waals surface area contributed by atoms with E-state index in [9.17, 15) is 4.39 Å². The molecule has 1 aromatic heterocycles. The van der Waals surface area contributed by atoms with Crippen molar-refractivity contribution in [1.29, 1.82) is 0 Å². The molecule has 1 aliphatic heterocycles. The van der Waals surface area contributed by atoms with Gasteiger partial charge in [0.2, 0.25) is 0 Å². The Morgan fingerprint density at radius 2 is 1.97 bits per heavy atom. The van der Waals surface area contributed by atoms with Crippen LogP contribution in [0.5, 0.6) is 0 Å². The van der Waals surface area contributed by atoms with Gasteiger partial charge in [0.1, 0.15) is 11.6 Å². The van der Waals surface area contributed by atoms with E-state index in [1.54, 1.807) is 12.1 Å². The van der Waals surface area contributed by atoms with E-state index in [-0.39, 0.29) is 5.82 Å². The van der Waals surface area contributed by atoms with Gasteiger partial charge in [-0.1, -0.05) is 12.1 Å². The number of hydrogen-bond acceptors (Lipinski definition) is 4. The van der Waals surface area contributed by atoms with Gasteiger partial charge in [0.25, 0.3) is 0 Å². The summed E-state index contributed by atoms with van der Waals surface area (Å²) >= 11 is 0. The van der Waals surface area contributed by atoms with E-state index in [1.165, 1.54) is 6.07 Å². The Labute approximate surface area is 173 Å². The molecular formula is C22H31FN6.